The first kappa shape index (κ1) is 10.8. The van der Waals surface area contributed by atoms with Gasteiger partial charge in [0.2, 0.25) is 0 Å². The number of aryl methyl sites for hydroxylation is 1. The van der Waals surface area contributed by atoms with E-state index in [9.17, 15) is 4.79 Å². The number of nitrogens with zero attached hydrogens (tertiary/aromatic N) is 3. The Morgan fingerprint density at radius 1 is 1.56 bits per heavy atom. The second-order valence-electron chi connectivity index (χ2n) is 4.73. The number of nitrogens with one attached hydrogen (secondary N) is 1. The molecule has 0 aliphatic heterocycles. The third kappa shape index (κ3) is 1.63. The second-order valence-corrected chi connectivity index (χ2v) is 4.73. The number of hydrogen-bond acceptors (Lipinski definition) is 3. The number of hydrogen-bond donors (Lipinski definition) is 1. The van der Waals surface area contributed by atoms with Crippen LogP contribution in [0.3, 0.4) is 0 Å². The maximum Gasteiger partial charge on any atom is 0.271 e. The summed E-state index contributed by atoms with van der Waals surface area (Å²) in [6.45, 7) is 1.93. The summed E-state index contributed by atoms with van der Waals surface area (Å²) < 4.78 is 1.59. The zero-order chi connectivity index (χ0) is 12.8. The molecule has 5 nitrogen and oxygen atoms in total. The lowest BCUT2D eigenvalue weighted by Gasteiger charge is -2.11. The van der Waals surface area contributed by atoms with E-state index in [4.69, 9.17) is 5.26 Å². The molecule has 5 heteroatoms. The van der Waals surface area contributed by atoms with E-state index in [2.05, 4.69) is 16.5 Å². The summed E-state index contributed by atoms with van der Waals surface area (Å²) in [6.07, 6.45) is 3.11. The number of carbonyl (C=O) groups excluding carboxylic acids is 1. The van der Waals surface area contributed by atoms with E-state index in [1.54, 1.807) is 16.8 Å². The molecule has 1 amide bonds. The van der Waals surface area contributed by atoms with Crippen LogP contribution in [0.25, 0.3) is 5.52 Å². The largest absolute Gasteiger partial charge is 0.332 e. The van der Waals surface area contributed by atoms with Crippen molar-refractivity contribution in [3.05, 3.63) is 35.7 Å². The molecule has 0 unspecified atom stereocenters. The maximum absolute atomic E-state index is 12.2. The van der Waals surface area contributed by atoms with Crippen LogP contribution in [-0.2, 0) is 0 Å². The maximum atomic E-state index is 12.2. The number of fused-ring (bicyclic) bond motifs is 1. The number of carbonyl (C=O) groups is 1. The molecule has 1 fully saturated rings. The summed E-state index contributed by atoms with van der Waals surface area (Å²) in [5.41, 5.74) is 1.69. The smallest absolute Gasteiger partial charge is 0.271 e. The van der Waals surface area contributed by atoms with Crippen molar-refractivity contribution in [1.29, 1.82) is 5.26 Å². The Kier molecular flexibility index (Phi) is 2.14. The summed E-state index contributed by atoms with van der Waals surface area (Å²) >= 11 is 0. The molecule has 0 radical (unpaired) electrons. The molecule has 90 valence electrons. The van der Waals surface area contributed by atoms with Gasteiger partial charge in [-0.3, -0.25) is 4.79 Å². The number of amides is 1. The molecule has 0 atom stereocenters. The first-order chi connectivity index (χ1) is 8.63. The normalized spacial score (nSPS) is 16.2. The Balaban J connectivity index is 2.01. The molecule has 0 saturated heterocycles. The average Bonchev–Trinajstić information content (AvgIpc) is 2.96. The second kappa shape index (κ2) is 3.57. The zero-order valence-corrected chi connectivity index (χ0v) is 9.97. The lowest BCUT2D eigenvalue weighted by atomic mass is 10.2. The third-order valence-electron chi connectivity index (χ3n) is 3.19. The van der Waals surface area contributed by atoms with E-state index in [1.807, 2.05) is 19.1 Å². The number of aromatic nitrogens is 2. The fraction of sp³-hybridized carbons (Fsp3) is 0.308. The highest BCUT2D eigenvalue weighted by Gasteiger charge is 2.45. The van der Waals surface area contributed by atoms with Crippen molar-refractivity contribution >= 4 is 11.4 Å². The van der Waals surface area contributed by atoms with Crippen LogP contribution in [-0.4, -0.2) is 21.1 Å². The Labute approximate surface area is 104 Å². The lowest BCUT2D eigenvalue weighted by molar-refractivity contribution is 0.0934. The van der Waals surface area contributed by atoms with Crippen molar-refractivity contribution in [2.45, 2.75) is 25.3 Å². The molecule has 3 rings (SSSR count). The molecular weight excluding hydrogens is 228 g/mol. The van der Waals surface area contributed by atoms with Crippen molar-refractivity contribution < 1.29 is 4.79 Å². The van der Waals surface area contributed by atoms with Crippen LogP contribution in [0.4, 0.5) is 0 Å². The van der Waals surface area contributed by atoms with Gasteiger partial charge in [0.25, 0.3) is 5.91 Å². The summed E-state index contributed by atoms with van der Waals surface area (Å²) in [5, 5.41) is 15.9. The molecule has 1 saturated carbocycles. The van der Waals surface area contributed by atoms with Gasteiger partial charge in [0.05, 0.1) is 17.8 Å². The molecule has 1 aliphatic carbocycles. The highest BCUT2D eigenvalue weighted by atomic mass is 16.2. The quantitative estimate of drug-likeness (QED) is 0.863. The van der Waals surface area contributed by atoms with Crippen molar-refractivity contribution in [2.24, 2.45) is 0 Å². The summed E-state index contributed by atoms with van der Waals surface area (Å²) in [7, 11) is 0. The Morgan fingerprint density at radius 3 is 3.00 bits per heavy atom. The molecule has 18 heavy (non-hydrogen) atoms. The average molecular weight is 240 g/mol. The minimum Gasteiger partial charge on any atom is -0.332 e. The van der Waals surface area contributed by atoms with Gasteiger partial charge in [0, 0.05) is 0 Å². The molecule has 1 aliphatic rings. The standard InChI is InChI=1S/C13H12N4O/c1-9-6-10-2-5-15-17(10)11(7-9)12(18)16-13(8-14)3-4-13/h2,5-7H,3-4H2,1H3,(H,16,18). The van der Waals surface area contributed by atoms with E-state index in [1.165, 1.54) is 0 Å². The lowest BCUT2D eigenvalue weighted by Crippen LogP contribution is -2.36. The van der Waals surface area contributed by atoms with E-state index in [0.29, 0.717) is 5.69 Å². The van der Waals surface area contributed by atoms with Crippen LogP contribution < -0.4 is 5.32 Å². The van der Waals surface area contributed by atoms with E-state index < -0.39 is 5.54 Å². The Bertz CT molecular complexity index is 676. The van der Waals surface area contributed by atoms with Crippen molar-refractivity contribution in [1.82, 2.24) is 14.9 Å². The van der Waals surface area contributed by atoms with Crippen LogP contribution in [0, 0.1) is 18.3 Å². The first-order valence-corrected chi connectivity index (χ1v) is 5.82. The number of nitriles is 1. The molecule has 0 spiro atoms. The highest BCUT2D eigenvalue weighted by Crippen LogP contribution is 2.34. The van der Waals surface area contributed by atoms with Gasteiger partial charge >= 0.3 is 0 Å². The Morgan fingerprint density at radius 2 is 2.33 bits per heavy atom. The van der Waals surface area contributed by atoms with Gasteiger partial charge in [-0.25, -0.2) is 4.52 Å². The minimum atomic E-state index is -0.652. The number of rotatable bonds is 2. The minimum absolute atomic E-state index is 0.244. The van der Waals surface area contributed by atoms with Crippen molar-refractivity contribution in [3.8, 4) is 6.07 Å². The van der Waals surface area contributed by atoms with Gasteiger partial charge in [-0.1, -0.05) is 0 Å². The van der Waals surface area contributed by atoms with E-state index in [-0.39, 0.29) is 5.91 Å². The van der Waals surface area contributed by atoms with Gasteiger partial charge in [-0.05, 0) is 43.5 Å². The molecule has 0 aromatic carbocycles. The zero-order valence-electron chi connectivity index (χ0n) is 9.97. The summed E-state index contributed by atoms with van der Waals surface area (Å²) in [4.78, 5) is 12.2. The van der Waals surface area contributed by atoms with Crippen LogP contribution in [0.5, 0.6) is 0 Å². The van der Waals surface area contributed by atoms with Crippen molar-refractivity contribution in [3.63, 3.8) is 0 Å². The molecule has 2 heterocycles. The fourth-order valence-electron chi connectivity index (χ4n) is 2.01. The van der Waals surface area contributed by atoms with Crippen LogP contribution >= 0.6 is 0 Å². The van der Waals surface area contributed by atoms with Gasteiger partial charge < -0.3 is 5.32 Å². The monoisotopic (exact) mass is 240 g/mol. The summed E-state index contributed by atoms with van der Waals surface area (Å²) in [5.74, 6) is -0.244. The van der Waals surface area contributed by atoms with E-state index in [0.717, 1.165) is 23.9 Å². The van der Waals surface area contributed by atoms with Crippen LogP contribution in [0.1, 0.15) is 28.9 Å². The number of pyridine rings is 1. The molecule has 2 aromatic rings. The third-order valence-corrected chi connectivity index (χ3v) is 3.19. The van der Waals surface area contributed by atoms with Gasteiger partial charge in [-0.2, -0.15) is 10.4 Å². The highest BCUT2D eigenvalue weighted by molar-refractivity contribution is 5.94. The summed E-state index contributed by atoms with van der Waals surface area (Å²) in [6, 6.07) is 7.74. The molecule has 1 N–H and O–H groups in total. The van der Waals surface area contributed by atoms with Gasteiger partial charge in [0.15, 0.2) is 0 Å². The fourth-order valence-corrected chi connectivity index (χ4v) is 2.01. The topological polar surface area (TPSA) is 70.2 Å². The van der Waals surface area contributed by atoms with Gasteiger partial charge in [0.1, 0.15) is 11.2 Å². The van der Waals surface area contributed by atoms with Crippen LogP contribution in [0.15, 0.2) is 24.4 Å². The molecular formula is C13H12N4O. The van der Waals surface area contributed by atoms with Crippen LogP contribution in [0.2, 0.25) is 0 Å². The SMILES string of the molecule is Cc1cc(C(=O)NC2(C#N)CC2)n2nccc2c1. The Hall–Kier alpha value is -2.35. The first-order valence-electron chi connectivity index (χ1n) is 5.82. The van der Waals surface area contributed by atoms with Gasteiger partial charge in [-0.15, -0.1) is 0 Å². The molecule has 0 bridgehead atoms. The van der Waals surface area contributed by atoms with E-state index >= 15 is 0 Å². The predicted molar refractivity (Wildman–Crippen MR) is 65.0 cm³/mol. The predicted octanol–water partition coefficient (Wildman–Crippen LogP) is 1.43. The van der Waals surface area contributed by atoms with Crippen molar-refractivity contribution in [2.75, 3.05) is 0 Å². The molecule has 2 aromatic heterocycles.